The van der Waals surface area contributed by atoms with Gasteiger partial charge in [-0.25, -0.2) is 19.7 Å². The van der Waals surface area contributed by atoms with E-state index in [-0.39, 0.29) is 5.69 Å². The number of aromatic nitrogens is 3. The van der Waals surface area contributed by atoms with E-state index in [1.165, 1.54) is 36.0 Å². The lowest BCUT2D eigenvalue weighted by atomic mass is 9.91. The first-order valence-electron chi connectivity index (χ1n) is 8.42. The molecule has 0 aromatic carbocycles. The number of aromatic carboxylic acids is 1. The summed E-state index contributed by atoms with van der Waals surface area (Å²) in [6.07, 6.45) is 7.62. The second-order valence-corrected chi connectivity index (χ2v) is 7.59. The molecule has 1 fully saturated rings. The second-order valence-electron chi connectivity index (χ2n) is 6.50. The van der Waals surface area contributed by atoms with Gasteiger partial charge in [0.05, 0.1) is 17.6 Å². The molecule has 2 aliphatic rings. The van der Waals surface area contributed by atoms with Gasteiger partial charge in [-0.2, -0.15) is 0 Å². The fourth-order valence-electron chi connectivity index (χ4n) is 3.40. The molecule has 2 aromatic heterocycles. The molecule has 0 atom stereocenters. The van der Waals surface area contributed by atoms with Crippen molar-refractivity contribution in [2.75, 3.05) is 13.1 Å². The minimum atomic E-state index is -1.04. The number of carboxylic acid groups (broad SMARTS) is 1. The molecule has 0 amide bonds. The van der Waals surface area contributed by atoms with Gasteiger partial charge in [0.15, 0.2) is 5.69 Å². The SMILES string of the molecule is Cc1nc(-c2nc3c(s2)CCN(C2CCC2)CC3)cnc1C(=O)O. The summed E-state index contributed by atoms with van der Waals surface area (Å²) >= 11 is 1.68. The van der Waals surface area contributed by atoms with Gasteiger partial charge in [0.1, 0.15) is 10.7 Å². The van der Waals surface area contributed by atoms with Gasteiger partial charge < -0.3 is 5.11 Å². The summed E-state index contributed by atoms with van der Waals surface area (Å²) < 4.78 is 0. The normalized spacial score (nSPS) is 18.7. The number of fused-ring (bicyclic) bond motifs is 1. The van der Waals surface area contributed by atoms with Crippen molar-refractivity contribution in [3.63, 3.8) is 0 Å². The molecule has 1 saturated carbocycles. The summed E-state index contributed by atoms with van der Waals surface area (Å²) in [5.41, 5.74) is 2.29. The summed E-state index contributed by atoms with van der Waals surface area (Å²) in [7, 11) is 0. The Labute approximate surface area is 144 Å². The first kappa shape index (κ1) is 15.7. The van der Waals surface area contributed by atoms with E-state index in [9.17, 15) is 4.79 Å². The van der Waals surface area contributed by atoms with Gasteiger partial charge in [-0.15, -0.1) is 11.3 Å². The largest absolute Gasteiger partial charge is 0.476 e. The lowest BCUT2D eigenvalue weighted by Gasteiger charge is -2.36. The molecule has 6 nitrogen and oxygen atoms in total. The molecule has 1 N–H and O–H groups in total. The highest BCUT2D eigenvalue weighted by Gasteiger charge is 2.27. The van der Waals surface area contributed by atoms with Crippen molar-refractivity contribution in [1.82, 2.24) is 19.9 Å². The van der Waals surface area contributed by atoms with Crippen LogP contribution < -0.4 is 0 Å². The van der Waals surface area contributed by atoms with Crippen molar-refractivity contribution >= 4 is 17.3 Å². The zero-order chi connectivity index (χ0) is 16.7. The number of nitrogens with zero attached hydrogens (tertiary/aromatic N) is 4. The highest BCUT2D eigenvalue weighted by Crippen LogP contribution is 2.32. The third kappa shape index (κ3) is 2.82. The van der Waals surface area contributed by atoms with Gasteiger partial charge in [0.25, 0.3) is 0 Å². The van der Waals surface area contributed by atoms with E-state index in [0.29, 0.717) is 11.4 Å². The molecule has 0 unspecified atom stereocenters. The van der Waals surface area contributed by atoms with Crippen molar-refractivity contribution < 1.29 is 9.90 Å². The van der Waals surface area contributed by atoms with Crippen LogP contribution in [0.5, 0.6) is 0 Å². The average molecular weight is 344 g/mol. The van der Waals surface area contributed by atoms with Gasteiger partial charge in [0.2, 0.25) is 0 Å². The van der Waals surface area contributed by atoms with Gasteiger partial charge in [-0.1, -0.05) is 6.42 Å². The van der Waals surface area contributed by atoms with E-state index < -0.39 is 5.97 Å². The highest BCUT2D eigenvalue weighted by molar-refractivity contribution is 7.15. The Balaban J connectivity index is 1.55. The Morgan fingerprint density at radius 1 is 1.29 bits per heavy atom. The van der Waals surface area contributed by atoms with Gasteiger partial charge in [-0.3, -0.25) is 4.90 Å². The minimum absolute atomic E-state index is 0.00742. The monoisotopic (exact) mass is 344 g/mol. The first-order valence-corrected chi connectivity index (χ1v) is 9.23. The maximum atomic E-state index is 11.1. The fourth-order valence-corrected chi connectivity index (χ4v) is 4.45. The molecule has 0 radical (unpaired) electrons. The Morgan fingerprint density at radius 3 is 2.75 bits per heavy atom. The molecule has 24 heavy (non-hydrogen) atoms. The van der Waals surface area contributed by atoms with Crippen LogP contribution in [-0.4, -0.2) is 50.1 Å². The second kappa shape index (κ2) is 6.22. The van der Waals surface area contributed by atoms with Crippen molar-refractivity contribution in [2.24, 2.45) is 0 Å². The van der Waals surface area contributed by atoms with Crippen LogP contribution in [0.2, 0.25) is 0 Å². The maximum Gasteiger partial charge on any atom is 0.356 e. The molecule has 4 rings (SSSR count). The quantitative estimate of drug-likeness (QED) is 0.922. The van der Waals surface area contributed by atoms with E-state index in [1.807, 2.05) is 0 Å². The van der Waals surface area contributed by atoms with Crippen molar-refractivity contribution in [2.45, 2.75) is 45.1 Å². The Hall–Kier alpha value is -1.86. The predicted octanol–water partition coefficient (Wildman–Crippen LogP) is 2.56. The van der Waals surface area contributed by atoms with E-state index in [2.05, 4.69) is 14.9 Å². The molecule has 1 aliphatic carbocycles. The molecule has 0 bridgehead atoms. The van der Waals surface area contributed by atoms with Crippen molar-refractivity contribution in [1.29, 1.82) is 0 Å². The number of hydrogen-bond donors (Lipinski definition) is 1. The van der Waals surface area contributed by atoms with Crippen LogP contribution in [0.1, 0.15) is 46.0 Å². The molecule has 0 saturated heterocycles. The van der Waals surface area contributed by atoms with E-state index >= 15 is 0 Å². The Bertz CT molecular complexity index is 759. The zero-order valence-corrected chi connectivity index (χ0v) is 14.5. The first-order chi connectivity index (χ1) is 11.6. The third-order valence-corrected chi connectivity index (χ3v) is 6.18. The van der Waals surface area contributed by atoms with Gasteiger partial charge >= 0.3 is 5.97 Å². The molecule has 3 heterocycles. The van der Waals surface area contributed by atoms with Crippen LogP contribution in [0.3, 0.4) is 0 Å². The number of aryl methyl sites for hydroxylation is 1. The van der Waals surface area contributed by atoms with Crippen LogP contribution in [0.15, 0.2) is 6.20 Å². The van der Waals surface area contributed by atoms with Crippen LogP contribution in [-0.2, 0) is 12.8 Å². The number of thiazole rings is 1. The van der Waals surface area contributed by atoms with E-state index in [4.69, 9.17) is 10.1 Å². The average Bonchev–Trinajstić information content (AvgIpc) is 2.82. The van der Waals surface area contributed by atoms with Crippen LogP contribution in [0.25, 0.3) is 10.7 Å². The zero-order valence-electron chi connectivity index (χ0n) is 13.7. The van der Waals surface area contributed by atoms with Crippen LogP contribution in [0.4, 0.5) is 0 Å². The molecular weight excluding hydrogens is 324 g/mol. The number of carbonyl (C=O) groups is 1. The lowest BCUT2D eigenvalue weighted by Crippen LogP contribution is -2.41. The topological polar surface area (TPSA) is 79.2 Å². The van der Waals surface area contributed by atoms with Gasteiger partial charge in [-0.05, 0) is 26.2 Å². The molecule has 126 valence electrons. The Morgan fingerprint density at radius 2 is 2.08 bits per heavy atom. The van der Waals surface area contributed by atoms with E-state index in [0.717, 1.165) is 37.0 Å². The summed E-state index contributed by atoms with van der Waals surface area (Å²) in [6.45, 7) is 3.88. The van der Waals surface area contributed by atoms with Crippen molar-refractivity contribution in [3.05, 3.63) is 28.2 Å². The fraction of sp³-hybridized carbons (Fsp3) is 0.529. The highest BCUT2D eigenvalue weighted by atomic mass is 32.1. The smallest absolute Gasteiger partial charge is 0.356 e. The number of rotatable bonds is 3. The molecule has 2 aromatic rings. The standard InChI is InChI=1S/C17H20N4O2S/c1-10-15(17(22)23)18-9-13(19-10)16-20-12-5-7-21(11-3-2-4-11)8-6-14(12)24-16/h9,11H,2-8H2,1H3,(H,22,23). The van der Waals surface area contributed by atoms with Crippen LogP contribution >= 0.6 is 11.3 Å². The van der Waals surface area contributed by atoms with Crippen molar-refractivity contribution in [3.8, 4) is 10.7 Å². The van der Waals surface area contributed by atoms with Crippen LogP contribution in [0, 0.1) is 6.92 Å². The summed E-state index contributed by atoms with van der Waals surface area (Å²) in [5, 5.41) is 9.92. The third-order valence-electron chi connectivity index (χ3n) is 5.00. The summed E-state index contributed by atoms with van der Waals surface area (Å²) in [6, 6.07) is 0.788. The predicted molar refractivity (Wildman–Crippen MR) is 91.5 cm³/mol. The lowest BCUT2D eigenvalue weighted by molar-refractivity contribution is 0.0689. The van der Waals surface area contributed by atoms with E-state index in [1.54, 1.807) is 18.3 Å². The molecule has 0 spiro atoms. The summed E-state index contributed by atoms with van der Waals surface area (Å²) in [4.78, 5) is 28.2. The minimum Gasteiger partial charge on any atom is -0.476 e. The maximum absolute atomic E-state index is 11.1. The molecule has 1 aliphatic heterocycles. The summed E-state index contributed by atoms with van der Waals surface area (Å²) in [5.74, 6) is -1.04. The molecular formula is C17H20N4O2S. The molecule has 7 heteroatoms. The van der Waals surface area contributed by atoms with Gasteiger partial charge in [0, 0.05) is 30.4 Å². The number of hydrogen-bond acceptors (Lipinski definition) is 6. The number of carboxylic acids is 1. The Kier molecular flexibility index (Phi) is 4.05.